The molecule has 0 amide bonds. The van der Waals surface area contributed by atoms with Crippen LogP contribution in [-0.2, 0) is 6.42 Å². The van der Waals surface area contributed by atoms with Crippen LogP contribution in [0.15, 0.2) is 42.5 Å². The number of benzene rings is 2. The second kappa shape index (κ2) is 8.08. The van der Waals surface area contributed by atoms with Crippen LogP contribution in [0.4, 0.5) is 0 Å². The quantitative estimate of drug-likeness (QED) is 0.639. The van der Waals surface area contributed by atoms with Gasteiger partial charge in [0.05, 0.1) is 5.02 Å². The van der Waals surface area contributed by atoms with Crippen molar-refractivity contribution >= 4 is 23.2 Å². The van der Waals surface area contributed by atoms with Crippen molar-refractivity contribution in [3.63, 3.8) is 0 Å². The van der Waals surface area contributed by atoms with Crippen LogP contribution in [0.3, 0.4) is 0 Å². The van der Waals surface area contributed by atoms with Gasteiger partial charge < -0.3 is 4.74 Å². The van der Waals surface area contributed by atoms with Crippen LogP contribution in [0, 0.1) is 0 Å². The molecule has 0 fully saturated rings. The fourth-order valence-electron chi connectivity index (χ4n) is 1.48. The first-order valence-corrected chi connectivity index (χ1v) is 7.16. The predicted octanol–water partition coefficient (Wildman–Crippen LogP) is 6.37. The number of halogens is 2. The highest BCUT2D eigenvalue weighted by atomic mass is 35.5. The summed E-state index contributed by atoms with van der Waals surface area (Å²) in [4.78, 5) is 0. The molecule has 0 bridgehead atoms. The topological polar surface area (TPSA) is 9.23 Å². The van der Waals surface area contributed by atoms with E-state index in [1.54, 1.807) is 18.2 Å². The Labute approximate surface area is 125 Å². The molecule has 102 valence electrons. The number of rotatable bonds is 3. The van der Waals surface area contributed by atoms with Gasteiger partial charge in [-0.25, -0.2) is 0 Å². The van der Waals surface area contributed by atoms with Crippen molar-refractivity contribution in [3.8, 4) is 11.5 Å². The smallest absolute Gasteiger partial charge is 0.146 e. The monoisotopic (exact) mass is 296 g/mol. The van der Waals surface area contributed by atoms with Gasteiger partial charge >= 0.3 is 0 Å². The molecule has 0 spiro atoms. The molecule has 0 aromatic heterocycles. The van der Waals surface area contributed by atoms with Crippen LogP contribution in [-0.4, -0.2) is 0 Å². The number of hydrogen-bond donors (Lipinski definition) is 0. The molecule has 3 heteroatoms. The van der Waals surface area contributed by atoms with E-state index in [1.807, 2.05) is 38.1 Å². The zero-order valence-electron chi connectivity index (χ0n) is 11.4. The van der Waals surface area contributed by atoms with Crippen molar-refractivity contribution in [3.05, 3.63) is 58.1 Å². The first kappa shape index (κ1) is 15.9. The van der Waals surface area contributed by atoms with Crippen molar-refractivity contribution in [1.82, 2.24) is 0 Å². The third-order valence-electron chi connectivity index (χ3n) is 2.45. The van der Waals surface area contributed by atoms with Crippen LogP contribution in [0.5, 0.6) is 11.5 Å². The zero-order chi connectivity index (χ0) is 14.3. The van der Waals surface area contributed by atoms with E-state index in [4.69, 9.17) is 27.9 Å². The Bertz CT molecular complexity index is 507. The Balaban J connectivity index is 0.000000861. The van der Waals surface area contributed by atoms with Crippen molar-refractivity contribution < 1.29 is 4.74 Å². The summed E-state index contributed by atoms with van der Waals surface area (Å²) in [5.74, 6) is 1.38. The van der Waals surface area contributed by atoms with Gasteiger partial charge in [0.25, 0.3) is 0 Å². The molecular weight excluding hydrogens is 279 g/mol. The van der Waals surface area contributed by atoms with Crippen molar-refractivity contribution in [2.24, 2.45) is 0 Å². The van der Waals surface area contributed by atoms with E-state index < -0.39 is 0 Å². The second-order valence-electron chi connectivity index (χ2n) is 3.67. The third-order valence-corrected chi connectivity index (χ3v) is 2.98. The van der Waals surface area contributed by atoms with E-state index >= 15 is 0 Å². The van der Waals surface area contributed by atoms with E-state index in [2.05, 4.69) is 6.92 Å². The van der Waals surface area contributed by atoms with Crippen molar-refractivity contribution in [1.29, 1.82) is 0 Å². The Hall–Kier alpha value is -1.18. The minimum absolute atomic E-state index is 0.511. The Morgan fingerprint density at radius 1 is 0.947 bits per heavy atom. The summed E-state index contributed by atoms with van der Waals surface area (Å²) in [6, 6.07) is 13.1. The molecule has 0 saturated carbocycles. The molecule has 1 nitrogen and oxygen atoms in total. The molecule has 0 atom stereocenters. The van der Waals surface area contributed by atoms with Crippen LogP contribution in [0.2, 0.25) is 10.0 Å². The summed E-state index contributed by atoms with van der Waals surface area (Å²) in [6.07, 6.45) is 1.02. The number of ether oxygens (including phenoxy) is 1. The predicted molar refractivity (Wildman–Crippen MR) is 83.7 cm³/mol. The lowest BCUT2D eigenvalue weighted by molar-refractivity contribution is 0.483. The molecule has 0 aliphatic heterocycles. The van der Waals surface area contributed by atoms with E-state index in [-0.39, 0.29) is 0 Å². The maximum Gasteiger partial charge on any atom is 0.146 e. The minimum atomic E-state index is 0.511. The van der Waals surface area contributed by atoms with Crippen LogP contribution < -0.4 is 4.74 Å². The zero-order valence-corrected chi connectivity index (χ0v) is 12.9. The van der Waals surface area contributed by atoms with Gasteiger partial charge in [0, 0.05) is 5.02 Å². The molecule has 19 heavy (non-hydrogen) atoms. The lowest BCUT2D eigenvalue weighted by Gasteiger charge is -2.08. The molecule has 0 unspecified atom stereocenters. The fourth-order valence-corrected chi connectivity index (χ4v) is 1.93. The van der Waals surface area contributed by atoms with Crippen LogP contribution in [0.1, 0.15) is 26.3 Å². The van der Waals surface area contributed by atoms with E-state index in [0.717, 1.165) is 12.2 Å². The van der Waals surface area contributed by atoms with Gasteiger partial charge in [0.15, 0.2) is 0 Å². The van der Waals surface area contributed by atoms with Gasteiger partial charge in [-0.1, -0.05) is 56.1 Å². The molecule has 2 aromatic rings. The highest BCUT2D eigenvalue weighted by molar-refractivity contribution is 6.35. The molecule has 0 heterocycles. The van der Waals surface area contributed by atoms with Crippen molar-refractivity contribution in [2.45, 2.75) is 27.2 Å². The van der Waals surface area contributed by atoms with E-state index in [1.165, 1.54) is 5.56 Å². The SMILES string of the molecule is CC.CCc1ccc(Oc2ccc(Cl)cc2Cl)cc1. The largest absolute Gasteiger partial charge is 0.456 e. The molecule has 0 N–H and O–H groups in total. The van der Waals surface area contributed by atoms with Crippen molar-refractivity contribution in [2.75, 3.05) is 0 Å². The molecule has 0 saturated heterocycles. The minimum Gasteiger partial charge on any atom is -0.456 e. The first-order chi connectivity index (χ1) is 9.19. The van der Waals surface area contributed by atoms with E-state index in [0.29, 0.717) is 15.8 Å². The van der Waals surface area contributed by atoms with Crippen LogP contribution in [0.25, 0.3) is 0 Å². The van der Waals surface area contributed by atoms with E-state index in [9.17, 15) is 0 Å². The maximum atomic E-state index is 6.03. The van der Waals surface area contributed by atoms with Gasteiger partial charge in [0.2, 0.25) is 0 Å². The van der Waals surface area contributed by atoms with Gasteiger partial charge in [-0.15, -0.1) is 0 Å². The maximum absolute atomic E-state index is 6.03. The average Bonchev–Trinajstić information content (AvgIpc) is 2.45. The Morgan fingerprint density at radius 2 is 1.58 bits per heavy atom. The second-order valence-corrected chi connectivity index (χ2v) is 4.52. The molecule has 0 aliphatic carbocycles. The highest BCUT2D eigenvalue weighted by Crippen LogP contribution is 2.31. The first-order valence-electron chi connectivity index (χ1n) is 6.41. The summed E-state index contributed by atoms with van der Waals surface area (Å²) < 4.78 is 5.67. The number of aryl methyl sites for hydroxylation is 1. The lowest BCUT2D eigenvalue weighted by atomic mass is 10.2. The summed E-state index contributed by atoms with van der Waals surface area (Å²) in [5.41, 5.74) is 1.28. The van der Waals surface area contributed by atoms with Gasteiger partial charge in [-0.2, -0.15) is 0 Å². The molecule has 0 aliphatic rings. The summed E-state index contributed by atoms with van der Waals surface area (Å²) in [7, 11) is 0. The highest BCUT2D eigenvalue weighted by Gasteiger charge is 2.03. The summed E-state index contributed by atoms with van der Waals surface area (Å²) >= 11 is 11.8. The Kier molecular flexibility index (Phi) is 6.75. The fraction of sp³-hybridized carbons (Fsp3) is 0.250. The molecule has 2 rings (SSSR count). The normalized spacial score (nSPS) is 9.53. The lowest BCUT2D eigenvalue weighted by Crippen LogP contribution is -1.86. The Morgan fingerprint density at radius 3 is 2.11 bits per heavy atom. The van der Waals surface area contributed by atoms with Crippen LogP contribution >= 0.6 is 23.2 Å². The average molecular weight is 297 g/mol. The van der Waals surface area contributed by atoms with Gasteiger partial charge in [-0.05, 0) is 42.3 Å². The molecule has 0 radical (unpaired) electrons. The molecule has 2 aromatic carbocycles. The molecular formula is C16H18Cl2O. The number of hydrogen-bond acceptors (Lipinski definition) is 1. The standard InChI is InChI=1S/C14H12Cl2O.C2H6/c1-2-10-3-6-12(7-4-10)17-14-8-5-11(15)9-13(14)16;1-2/h3-9H,2H2,1H3;1-2H3. The summed E-state index contributed by atoms with van der Waals surface area (Å²) in [5, 5.41) is 1.11. The van der Waals surface area contributed by atoms with Gasteiger partial charge in [-0.3, -0.25) is 0 Å². The summed E-state index contributed by atoms with van der Waals surface area (Å²) in [6.45, 7) is 6.12. The third kappa shape index (κ3) is 4.77. The van der Waals surface area contributed by atoms with Gasteiger partial charge in [0.1, 0.15) is 11.5 Å².